The molecule has 0 heterocycles. The first-order valence-electron chi connectivity index (χ1n) is 7.36. The zero-order valence-electron chi connectivity index (χ0n) is 12.5. The lowest BCUT2D eigenvalue weighted by atomic mass is 10.3. The lowest BCUT2D eigenvalue weighted by Crippen LogP contribution is -1.98. The van der Waals surface area contributed by atoms with Gasteiger partial charge in [0.1, 0.15) is 0 Å². The van der Waals surface area contributed by atoms with Gasteiger partial charge in [-0.1, -0.05) is 68.8 Å². The number of hydrogen-bond acceptors (Lipinski definition) is 2. The Morgan fingerprint density at radius 2 is 1.25 bits per heavy atom. The maximum absolute atomic E-state index is 5.56. The minimum atomic E-state index is 0.678. The Balaban J connectivity index is 0.000000388. The van der Waals surface area contributed by atoms with Crippen LogP contribution in [-0.2, 0) is 9.78 Å². The van der Waals surface area contributed by atoms with Crippen LogP contribution in [-0.4, -0.2) is 13.2 Å². The number of hydrogen-bond donors (Lipinski definition) is 0. The van der Waals surface area contributed by atoms with Gasteiger partial charge in [-0.05, 0) is 31.0 Å². The molecule has 20 heavy (non-hydrogen) atoms. The molecule has 0 aliphatic rings. The van der Waals surface area contributed by atoms with Gasteiger partial charge in [0.05, 0.1) is 13.2 Å². The van der Waals surface area contributed by atoms with Gasteiger partial charge in [0.25, 0.3) is 0 Å². The summed E-state index contributed by atoms with van der Waals surface area (Å²) >= 11 is 11.1. The monoisotopic (exact) mass is 320 g/mol. The van der Waals surface area contributed by atoms with E-state index in [0.717, 1.165) is 26.1 Å². The van der Waals surface area contributed by atoms with E-state index in [2.05, 4.69) is 13.8 Å². The van der Waals surface area contributed by atoms with Crippen LogP contribution in [0.4, 0.5) is 0 Å². The van der Waals surface area contributed by atoms with Crippen molar-refractivity contribution in [3.8, 4) is 0 Å². The van der Waals surface area contributed by atoms with Gasteiger partial charge < -0.3 is 0 Å². The van der Waals surface area contributed by atoms with Crippen LogP contribution in [0, 0.1) is 0 Å². The van der Waals surface area contributed by atoms with Crippen molar-refractivity contribution in [2.75, 3.05) is 13.2 Å². The molecule has 0 radical (unpaired) electrons. The summed E-state index contributed by atoms with van der Waals surface area (Å²) in [5.41, 5.74) is 0. The Labute approximate surface area is 133 Å². The Kier molecular flexibility index (Phi) is 14.9. The fourth-order valence-corrected chi connectivity index (χ4v) is 1.84. The largest absolute Gasteiger partial charge is 0.237 e. The highest BCUT2D eigenvalue weighted by Crippen LogP contribution is 2.14. The van der Waals surface area contributed by atoms with Crippen molar-refractivity contribution in [3.63, 3.8) is 0 Å². The number of rotatable bonds is 9. The third kappa shape index (κ3) is 14.1. The Morgan fingerprint density at radius 1 is 0.800 bits per heavy atom. The average Bonchev–Trinajstić information content (AvgIpc) is 2.42. The van der Waals surface area contributed by atoms with Gasteiger partial charge >= 0.3 is 0 Å². The van der Waals surface area contributed by atoms with Crippen LogP contribution in [0.3, 0.4) is 0 Å². The standard InChI is InChI=1S/C10H22O2.C6H4Cl2/c1-3-5-7-9-11-12-10-8-6-4-2;7-5-2-1-3-6(8)4-5/h3-10H2,1-2H3;1-4H. The molecule has 1 rings (SSSR count). The van der Waals surface area contributed by atoms with E-state index in [4.69, 9.17) is 33.0 Å². The SMILES string of the molecule is CCCCCOOCCCCC.Clc1cccc(Cl)c1. The van der Waals surface area contributed by atoms with Crippen LogP contribution in [0.1, 0.15) is 52.4 Å². The summed E-state index contributed by atoms with van der Waals surface area (Å²) in [5, 5.41) is 1.36. The molecule has 0 spiro atoms. The lowest BCUT2D eigenvalue weighted by molar-refractivity contribution is -0.295. The van der Waals surface area contributed by atoms with E-state index in [0.29, 0.717) is 10.0 Å². The second kappa shape index (κ2) is 15.1. The van der Waals surface area contributed by atoms with Gasteiger partial charge in [0, 0.05) is 10.0 Å². The van der Waals surface area contributed by atoms with Gasteiger partial charge in [-0.15, -0.1) is 0 Å². The average molecular weight is 321 g/mol. The second-order valence-electron chi connectivity index (χ2n) is 4.50. The van der Waals surface area contributed by atoms with Gasteiger partial charge in [-0.25, -0.2) is 9.78 Å². The second-order valence-corrected chi connectivity index (χ2v) is 5.37. The van der Waals surface area contributed by atoms with Crippen molar-refractivity contribution >= 4 is 23.2 Å². The molecular weight excluding hydrogens is 295 g/mol. The normalized spacial score (nSPS) is 10.0. The van der Waals surface area contributed by atoms with Crippen molar-refractivity contribution < 1.29 is 9.78 Å². The molecule has 0 saturated heterocycles. The van der Waals surface area contributed by atoms with E-state index < -0.39 is 0 Å². The minimum absolute atomic E-state index is 0.678. The van der Waals surface area contributed by atoms with Gasteiger partial charge in [0.15, 0.2) is 0 Å². The molecule has 0 aliphatic heterocycles. The molecule has 0 aromatic heterocycles. The van der Waals surface area contributed by atoms with Crippen LogP contribution in [0.15, 0.2) is 24.3 Å². The van der Waals surface area contributed by atoms with E-state index in [1.165, 1.54) is 25.7 Å². The van der Waals surface area contributed by atoms with Gasteiger partial charge in [-0.3, -0.25) is 0 Å². The molecule has 0 amide bonds. The fraction of sp³-hybridized carbons (Fsp3) is 0.625. The van der Waals surface area contributed by atoms with E-state index in [-0.39, 0.29) is 0 Å². The maximum Gasteiger partial charge on any atom is 0.0822 e. The van der Waals surface area contributed by atoms with Crippen molar-refractivity contribution in [1.82, 2.24) is 0 Å². The van der Waals surface area contributed by atoms with E-state index in [1.54, 1.807) is 18.2 Å². The number of unbranched alkanes of at least 4 members (excludes halogenated alkanes) is 4. The third-order valence-corrected chi connectivity index (χ3v) is 3.00. The first-order chi connectivity index (χ1) is 9.70. The van der Waals surface area contributed by atoms with Crippen LogP contribution < -0.4 is 0 Å². The highest BCUT2D eigenvalue weighted by molar-refractivity contribution is 6.34. The summed E-state index contributed by atoms with van der Waals surface area (Å²) in [7, 11) is 0. The zero-order chi connectivity index (χ0) is 15.1. The summed E-state index contributed by atoms with van der Waals surface area (Å²) in [5.74, 6) is 0. The molecule has 0 unspecified atom stereocenters. The molecule has 0 N–H and O–H groups in total. The first kappa shape index (κ1) is 19.7. The highest BCUT2D eigenvalue weighted by atomic mass is 35.5. The molecule has 0 atom stereocenters. The summed E-state index contributed by atoms with van der Waals surface area (Å²) < 4.78 is 0. The lowest BCUT2D eigenvalue weighted by Gasteiger charge is -2.02. The predicted octanol–water partition coefficient (Wildman–Crippen LogP) is 6.31. The molecule has 0 aliphatic carbocycles. The fourth-order valence-electron chi connectivity index (χ4n) is 1.40. The smallest absolute Gasteiger partial charge is 0.0822 e. The first-order valence-corrected chi connectivity index (χ1v) is 8.11. The van der Waals surface area contributed by atoms with Crippen LogP contribution in [0.5, 0.6) is 0 Å². The zero-order valence-corrected chi connectivity index (χ0v) is 14.1. The Morgan fingerprint density at radius 3 is 1.55 bits per heavy atom. The number of benzene rings is 1. The van der Waals surface area contributed by atoms with Gasteiger partial charge in [0.2, 0.25) is 0 Å². The van der Waals surface area contributed by atoms with Crippen LogP contribution in [0.25, 0.3) is 0 Å². The third-order valence-electron chi connectivity index (χ3n) is 2.53. The van der Waals surface area contributed by atoms with Gasteiger partial charge in [-0.2, -0.15) is 0 Å². The molecule has 0 bridgehead atoms. The number of halogens is 2. The molecule has 4 heteroatoms. The molecule has 0 fully saturated rings. The van der Waals surface area contributed by atoms with E-state index >= 15 is 0 Å². The Hall–Kier alpha value is -0.280. The summed E-state index contributed by atoms with van der Waals surface area (Å²) in [4.78, 5) is 9.96. The van der Waals surface area contributed by atoms with Crippen LogP contribution >= 0.6 is 23.2 Å². The molecule has 116 valence electrons. The molecular formula is C16H26Cl2O2. The van der Waals surface area contributed by atoms with Crippen LogP contribution in [0.2, 0.25) is 10.0 Å². The van der Waals surface area contributed by atoms with Crippen molar-refractivity contribution in [3.05, 3.63) is 34.3 Å². The molecule has 0 saturated carbocycles. The Bertz CT molecular complexity index is 292. The molecule has 1 aromatic rings. The van der Waals surface area contributed by atoms with E-state index in [1.807, 2.05) is 6.07 Å². The summed E-state index contributed by atoms with van der Waals surface area (Å²) in [6, 6.07) is 7.08. The predicted molar refractivity (Wildman–Crippen MR) is 87.4 cm³/mol. The molecule has 2 nitrogen and oxygen atoms in total. The summed E-state index contributed by atoms with van der Waals surface area (Å²) in [6.45, 7) is 5.87. The maximum atomic E-state index is 5.56. The quantitative estimate of drug-likeness (QED) is 0.301. The minimum Gasteiger partial charge on any atom is -0.237 e. The van der Waals surface area contributed by atoms with E-state index in [9.17, 15) is 0 Å². The van der Waals surface area contributed by atoms with Crippen molar-refractivity contribution in [1.29, 1.82) is 0 Å². The summed E-state index contributed by atoms with van der Waals surface area (Å²) in [6.07, 6.45) is 7.17. The van der Waals surface area contributed by atoms with Crippen molar-refractivity contribution in [2.45, 2.75) is 52.4 Å². The molecule has 1 aromatic carbocycles. The topological polar surface area (TPSA) is 18.5 Å². The highest BCUT2D eigenvalue weighted by Gasteiger charge is 1.89. The van der Waals surface area contributed by atoms with Crippen molar-refractivity contribution in [2.24, 2.45) is 0 Å².